The Morgan fingerprint density at radius 2 is 1.59 bits per heavy atom. The third-order valence-corrected chi connectivity index (χ3v) is 5.25. The predicted octanol–water partition coefficient (Wildman–Crippen LogP) is 5.59. The van der Waals surface area contributed by atoms with E-state index in [1.807, 2.05) is 31.2 Å². The van der Waals surface area contributed by atoms with E-state index in [1.165, 1.54) is 64.2 Å². The highest BCUT2D eigenvalue weighted by molar-refractivity contribution is 5.86. The first-order valence-corrected chi connectivity index (χ1v) is 11.7. The number of aryl methyl sites for hydroxylation is 1. The molecule has 1 rings (SSSR count). The highest BCUT2D eigenvalue weighted by atomic mass is 16.3. The van der Waals surface area contributed by atoms with Crippen LogP contribution in [0.1, 0.15) is 95.1 Å². The summed E-state index contributed by atoms with van der Waals surface area (Å²) in [5, 5.41) is 12.4. The van der Waals surface area contributed by atoms with E-state index in [0.717, 1.165) is 24.0 Å². The normalized spacial score (nSPS) is 12.4. The van der Waals surface area contributed by atoms with Crippen LogP contribution in [0.3, 0.4) is 0 Å². The molecule has 0 aliphatic rings. The van der Waals surface area contributed by atoms with Crippen LogP contribution in [0.25, 0.3) is 0 Å². The lowest BCUT2D eigenvalue weighted by Crippen LogP contribution is -2.36. The molecule has 0 aliphatic heterocycles. The molecule has 1 amide bonds. The van der Waals surface area contributed by atoms with Crippen LogP contribution < -0.4 is 5.32 Å². The van der Waals surface area contributed by atoms with Gasteiger partial charge in [0, 0.05) is 12.8 Å². The fraction of sp³-hybridized carbons (Fsp3) is 0.680. The lowest BCUT2D eigenvalue weighted by molar-refractivity contribution is -0.123. The smallest absolute Gasteiger partial charge is 0.247 e. The number of amides is 1. The van der Waals surface area contributed by atoms with Gasteiger partial charge in [0.2, 0.25) is 5.91 Å². The molecule has 1 unspecified atom stereocenters. The first-order chi connectivity index (χ1) is 14.2. The minimum absolute atomic E-state index is 0.195. The zero-order chi connectivity index (χ0) is 21.2. The molecule has 0 saturated heterocycles. The molecule has 1 aromatic rings. The number of hydrogen-bond acceptors (Lipinski definition) is 3. The van der Waals surface area contributed by atoms with Crippen molar-refractivity contribution in [3.63, 3.8) is 0 Å². The second kappa shape index (κ2) is 17.2. The van der Waals surface area contributed by atoms with Gasteiger partial charge in [-0.15, -0.1) is 0 Å². The number of aliphatic hydroxyl groups excluding tert-OH is 1. The number of rotatable bonds is 17. The molecule has 0 spiro atoms. The Hall–Kier alpha value is -1.68. The van der Waals surface area contributed by atoms with Crippen LogP contribution in [0, 0.1) is 6.92 Å². The average Bonchev–Trinajstić information content (AvgIpc) is 2.72. The first kappa shape index (κ1) is 25.4. The Labute approximate surface area is 178 Å². The lowest BCUT2D eigenvalue weighted by Gasteiger charge is -2.10. The third kappa shape index (κ3) is 13.2. The Bertz CT molecular complexity index is 572. The predicted molar refractivity (Wildman–Crippen MR) is 124 cm³/mol. The van der Waals surface area contributed by atoms with Crippen LogP contribution in [-0.2, 0) is 4.79 Å². The molecule has 0 heterocycles. The average molecular weight is 403 g/mol. The van der Waals surface area contributed by atoms with Crippen molar-refractivity contribution >= 4 is 12.1 Å². The maximum Gasteiger partial charge on any atom is 0.247 e. The van der Waals surface area contributed by atoms with Crippen LogP contribution in [0.2, 0.25) is 0 Å². The maximum atomic E-state index is 12.2. The molecule has 4 heteroatoms. The molecule has 0 aliphatic carbocycles. The van der Waals surface area contributed by atoms with Crippen LogP contribution in [0.5, 0.6) is 0 Å². The van der Waals surface area contributed by atoms with Gasteiger partial charge in [-0.2, -0.15) is 0 Å². The summed E-state index contributed by atoms with van der Waals surface area (Å²) in [4.78, 5) is 16.4. The molecule has 0 radical (unpaired) electrons. The number of aliphatic imine (C=N–C) groups is 1. The number of hydrogen-bond donors (Lipinski definition) is 2. The van der Waals surface area contributed by atoms with E-state index in [2.05, 4.69) is 17.2 Å². The summed E-state index contributed by atoms with van der Waals surface area (Å²) >= 11 is 0. The quantitative estimate of drug-likeness (QED) is 0.263. The van der Waals surface area contributed by atoms with E-state index in [9.17, 15) is 9.90 Å². The standard InChI is InChI=1S/C25H42N2O2/c1-3-4-5-6-7-8-9-10-11-12-13-14-18-26-25(29)24(21-28)27-20-23-17-15-16-22(2)19-23/h15-17,19-20,24,28H,3-14,18,21H2,1-2H3,(H,26,29). The van der Waals surface area contributed by atoms with Crippen molar-refractivity contribution in [1.82, 2.24) is 5.32 Å². The molecule has 1 atom stereocenters. The van der Waals surface area contributed by atoms with E-state index in [1.54, 1.807) is 6.21 Å². The van der Waals surface area contributed by atoms with Crippen LogP contribution >= 0.6 is 0 Å². The van der Waals surface area contributed by atoms with E-state index < -0.39 is 6.04 Å². The zero-order valence-electron chi connectivity index (χ0n) is 18.7. The number of aliphatic hydroxyl groups is 1. The van der Waals surface area contributed by atoms with Crippen molar-refractivity contribution in [2.24, 2.45) is 4.99 Å². The second-order valence-electron chi connectivity index (χ2n) is 8.07. The fourth-order valence-electron chi connectivity index (χ4n) is 3.42. The highest BCUT2D eigenvalue weighted by Crippen LogP contribution is 2.11. The minimum atomic E-state index is -0.729. The first-order valence-electron chi connectivity index (χ1n) is 11.7. The van der Waals surface area contributed by atoms with E-state index in [-0.39, 0.29) is 12.5 Å². The Morgan fingerprint density at radius 3 is 2.14 bits per heavy atom. The molecule has 1 aromatic carbocycles. The fourth-order valence-corrected chi connectivity index (χ4v) is 3.42. The molecule has 2 N–H and O–H groups in total. The lowest BCUT2D eigenvalue weighted by atomic mass is 10.1. The van der Waals surface area contributed by atoms with E-state index >= 15 is 0 Å². The summed E-state index contributed by atoms with van der Waals surface area (Å²) in [6, 6.07) is 7.19. The number of nitrogens with zero attached hydrogens (tertiary/aromatic N) is 1. The van der Waals surface area contributed by atoms with E-state index in [0.29, 0.717) is 6.54 Å². The van der Waals surface area contributed by atoms with Crippen molar-refractivity contribution in [2.75, 3.05) is 13.2 Å². The largest absolute Gasteiger partial charge is 0.394 e. The number of benzene rings is 1. The molecule has 0 bridgehead atoms. The number of unbranched alkanes of at least 4 members (excludes halogenated alkanes) is 11. The summed E-state index contributed by atoms with van der Waals surface area (Å²) in [6.45, 7) is 4.67. The molecule has 29 heavy (non-hydrogen) atoms. The van der Waals surface area contributed by atoms with Gasteiger partial charge >= 0.3 is 0 Å². The van der Waals surface area contributed by atoms with Crippen molar-refractivity contribution in [1.29, 1.82) is 0 Å². The third-order valence-electron chi connectivity index (χ3n) is 5.25. The van der Waals surface area contributed by atoms with Gasteiger partial charge in [-0.25, -0.2) is 0 Å². The van der Waals surface area contributed by atoms with Gasteiger partial charge < -0.3 is 10.4 Å². The van der Waals surface area contributed by atoms with E-state index in [4.69, 9.17) is 0 Å². The number of carbonyl (C=O) groups is 1. The zero-order valence-corrected chi connectivity index (χ0v) is 18.7. The van der Waals surface area contributed by atoms with Crippen molar-refractivity contribution in [2.45, 2.75) is 96.9 Å². The van der Waals surface area contributed by atoms with Gasteiger partial charge in [0.15, 0.2) is 6.04 Å². The topological polar surface area (TPSA) is 61.7 Å². The summed E-state index contributed by atoms with van der Waals surface area (Å²) in [5.41, 5.74) is 2.09. The summed E-state index contributed by atoms with van der Waals surface area (Å²) in [5.74, 6) is -0.195. The van der Waals surface area contributed by atoms with Gasteiger partial charge in [-0.1, -0.05) is 107 Å². The van der Waals surface area contributed by atoms with Crippen LogP contribution in [-0.4, -0.2) is 36.4 Å². The molecule has 4 nitrogen and oxygen atoms in total. The second-order valence-corrected chi connectivity index (χ2v) is 8.07. The maximum absolute atomic E-state index is 12.2. The van der Waals surface area contributed by atoms with Crippen LogP contribution in [0.4, 0.5) is 0 Å². The molecule has 164 valence electrons. The monoisotopic (exact) mass is 402 g/mol. The number of carbonyl (C=O) groups excluding carboxylic acids is 1. The van der Waals surface area contributed by atoms with Crippen molar-refractivity contribution < 1.29 is 9.90 Å². The summed E-state index contributed by atoms with van der Waals surface area (Å²) in [6.07, 6.45) is 17.3. The molecule has 0 aromatic heterocycles. The molecular weight excluding hydrogens is 360 g/mol. The SMILES string of the molecule is CCCCCCCCCCCCCCNC(=O)C(CO)N=Cc1cccc(C)c1. The minimum Gasteiger partial charge on any atom is -0.394 e. The van der Waals surface area contributed by atoms with Gasteiger partial charge in [0.05, 0.1) is 6.61 Å². The number of nitrogens with one attached hydrogen (secondary N) is 1. The summed E-state index contributed by atoms with van der Waals surface area (Å²) < 4.78 is 0. The van der Waals surface area contributed by atoms with Gasteiger partial charge in [0.25, 0.3) is 0 Å². The Morgan fingerprint density at radius 1 is 1.00 bits per heavy atom. The summed E-state index contributed by atoms with van der Waals surface area (Å²) in [7, 11) is 0. The van der Waals surface area contributed by atoms with Crippen molar-refractivity contribution in [3.05, 3.63) is 35.4 Å². The van der Waals surface area contributed by atoms with Gasteiger partial charge in [0.1, 0.15) is 0 Å². The molecule has 0 saturated carbocycles. The Kier molecular flexibility index (Phi) is 15.0. The van der Waals surface area contributed by atoms with Crippen molar-refractivity contribution in [3.8, 4) is 0 Å². The Balaban J connectivity index is 2.04. The molecule has 0 fully saturated rings. The van der Waals surface area contributed by atoms with Crippen LogP contribution in [0.15, 0.2) is 29.3 Å². The molecular formula is C25H42N2O2. The van der Waals surface area contributed by atoms with Gasteiger partial charge in [-0.3, -0.25) is 9.79 Å². The highest BCUT2D eigenvalue weighted by Gasteiger charge is 2.14. The van der Waals surface area contributed by atoms with Gasteiger partial charge in [-0.05, 0) is 18.9 Å².